The lowest BCUT2D eigenvalue weighted by Crippen LogP contribution is -2.06. The zero-order valence-corrected chi connectivity index (χ0v) is 15.5. The maximum Gasteiger partial charge on any atom is 0.379 e. The van der Waals surface area contributed by atoms with E-state index in [2.05, 4.69) is 0 Å². The second-order valence-corrected chi connectivity index (χ2v) is 8.11. The van der Waals surface area contributed by atoms with Crippen LogP contribution in [0.2, 0.25) is 0 Å². The zero-order chi connectivity index (χ0) is 18.9. The first kappa shape index (κ1) is 17.9. The number of rotatable bonds is 4. The molecule has 0 amide bonds. The monoisotopic (exact) mass is 370 g/mol. The summed E-state index contributed by atoms with van der Waals surface area (Å²) in [5.41, 5.74) is 1.69. The Morgan fingerprint density at radius 3 is 2.12 bits per heavy atom. The van der Waals surface area contributed by atoms with Crippen LogP contribution in [0.1, 0.15) is 11.3 Å². The van der Waals surface area contributed by atoms with Crippen molar-refractivity contribution >= 4 is 9.84 Å². The molecule has 26 heavy (non-hydrogen) atoms. The van der Waals surface area contributed by atoms with Gasteiger partial charge < -0.3 is 9.15 Å². The van der Waals surface area contributed by atoms with Crippen molar-refractivity contribution in [3.05, 3.63) is 76.3 Å². The lowest BCUT2D eigenvalue weighted by molar-refractivity contribution is 0.410. The number of benzene rings is 2. The SMILES string of the molecule is Cc1ccc(Oc2c(-c3ccc(S(C)(=O)=O)cc3)cc(C)oc2=O)cc1. The zero-order valence-electron chi connectivity index (χ0n) is 14.6. The quantitative estimate of drug-likeness (QED) is 0.691. The standard InChI is InChI=1S/C20H18O5S/c1-13-4-8-16(9-5-13)25-19-18(12-14(2)24-20(19)21)15-6-10-17(11-7-15)26(3,22)23/h4-12H,1-3H3. The van der Waals surface area contributed by atoms with Crippen LogP contribution in [0.3, 0.4) is 0 Å². The molecule has 0 saturated carbocycles. The van der Waals surface area contributed by atoms with Crippen LogP contribution in [-0.2, 0) is 9.84 Å². The van der Waals surface area contributed by atoms with E-state index in [1.165, 1.54) is 12.1 Å². The summed E-state index contributed by atoms with van der Waals surface area (Å²) in [5.74, 6) is 1.01. The highest BCUT2D eigenvalue weighted by Gasteiger charge is 2.16. The third-order valence-electron chi connectivity index (χ3n) is 3.87. The normalized spacial score (nSPS) is 11.3. The van der Waals surface area contributed by atoms with Gasteiger partial charge in [-0.1, -0.05) is 29.8 Å². The second kappa shape index (κ2) is 6.80. The van der Waals surface area contributed by atoms with Crippen LogP contribution < -0.4 is 10.4 Å². The lowest BCUT2D eigenvalue weighted by Gasteiger charge is -2.11. The van der Waals surface area contributed by atoms with Crippen molar-refractivity contribution < 1.29 is 17.6 Å². The molecule has 0 aliphatic rings. The Labute approximate surface area is 151 Å². The summed E-state index contributed by atoms with van der Waals surface area (Å²) in [7, 11) is -3.29. The Kier molecular flexibility index (Phi) is 4.70. The summed E-state index contributed by atoms with van der Waals surface area (Å²) in [5, 5.41) is 0. The molecule has 3 rings (SSSR count). The molecule has 0 bridgehead atoms. The summed E-state index contributed by atoms with van der Waals surface area (Å²) in [6.45, 7) is 3.63. The van der Waals surface area contributed by atoms with Gasteiger partial charge in [-0.05, 0) is 49.7 Å². The summed E-state index contributed by atoms with van der Waals surface area (Å²) < 4.78 is 34.2. The highest BCUT2D eigenvalue weighted by Crippen LogP contribution is 2.32. The molecule has 0 atom stereocenters. The van der Waals surface area contributed by atoms with Crippen LogP contribution in [0.25, 0.3) is 11.1 Å². The third-order valence-corrected chi connectivity index (χ3v) is 4.99. The average Bonchev–Trinajstić information content (AvgIpc) is 2.58. The van der Waals surface area contributed by atoms with Gasteiger partial charge >= 0.3 is 5.63 Å². The molecule has 134 valence electrons. The maximum atomic E-state index is 12.3. The molecule has 2 aromatic carbocycles. The van der Waals surface area contributed by atoms with E-state index in [1.54, 1.807) is 37.3 Å². The van der Waals surface area contributed by atoms with Gasteiger partial charge in [0.25, 0.3) is 0 Å². The molecule has 0 aliphatic heterocycles. The van der Waals surface area contributed by atoms with Crippen LogP contribution in [0.4, 0.5) is 0 Å². The third kappa shape index (κ3) is 3.86. The first-order chi connectivity index (χ1) is 12.2. The Hall–Kier alpha value is -2.86. The number of hydrogen-bond acceptors (Lipinski definition) is 5. The van der Waals surface area contributed by atoms with Gasteiger partial charge in [-0.15, -0.1) is 0 Å². The van der Waals surface area contributed by atoms with Crippen molar-refractivity contribution in [3.63, 3.8) is 0 Å². The van der Waals surface area contributed by atoms with Crippen molar-refractivity contribution in [1.82, 2.24) is 0 Å². The molecule has 0 unspecified atom stereocenters. The largest absolute Gasteiger partial charge is 0.449 e. The van der Waals surface area contributed by atoms with Crippen LogP contribution in [-0.4, -0.2) is 14.7 Å². The molecular weight excluding hydrogens is 352 g/mol. The molecule has 0 saturated heterocycles. The van der Waals surface area contributed by atoms with Crippen LogP contribution in [0.5, 0.6) is 11.5 Å². The Bertz CT molecular complexity index is 1090. The molecule has 0 spiro atoms. The van der Waals surface area contributed by atoms with Gasteiger partial charge in [0.05, 0.1) is 4.90 Å². The number of ether oxygens (including phenoxy) is 1. The van der Waals surface area contributed by atoms with Crippen LogP contribution in [0, 0.1) is 13.8 Å². The predicted molar refractivity (Wildman–Crippen MR) is 99.5 cm³/mol. The minimum Gasteiger partial charge on any atom is -0.449 e. The molecular formula is C20H18O5S. The number of aryl methyl sites for hydroxylation is 2. The molecule has 0 aliphatic carbocycles. The van der Waals surface area contributed by atoms with Crippen LogP contribution in [0.15, 0.2) is 68.7 Å². The van der Waals surface area contributed by atoms with E-state index in [-0.39, 0.29) is 10.6 Å². The maximum absolute atomic E-state index is 12.3. The fraction of sp³-hybridized carbons (Fsp3) is 0.150. The molecule has 0 N–H and O–H groups in total. The van der Waals surface area contributed by atoms with Gasteiger partial charge in [-0.25, -0.2) is 13.2 Å². The predicted octanol–water partition coefficient (Wildman–Crippen LogP) is 4.12. The van der Waals surface area contributed by atoms with E-state index in [1.807, 2.05) is 19.1 Å². The van der Waals surface area contributed by atoms with Gasteiger partial charge in [0.15, 0.2) is 9.84 Å². The lowest BCUT2D eigenvalue weighted by atomic mass is 10.1. The Balaban J connectivity index is 2.09. The first-order valence-corrected chi connectivity index (χ1v) is 9.83. The van der Waals surface area contributed by atoms with Gasteiger partial charge in [0, 0.05) is 11.8 Å². The molecule has 0 fully saturated rings. The molecule has 0 radical (unpaired) electrons. The van der Waals surface area contributed by atoms with Gasteiger partial charge in [-0.3, -0.25) is 0 Å². The smallest absolute Gasteiger partial charge is 0.379 e. The highest BCUT2D eigenvalue weighted by atomic mass is 32.2. The Morgan fingerprint density at radius 2 is 1.54 bits per heavy atom. The molecule has 5 nitrogen and oxygen atoms in total. The topological polar surface area (TPSA) is 73.6 Å². The fourth-order valence-corrected chi connectivity index (χ4v) is 3.15. The Morgan fingerprint density at radius 1 is 0.923 bits per heavy atom. The van der Waals surface area contributed by atoms with E-state index >= 15 is 0 Å². The van der Waals surface area contributed by atoms with Crippen molar-refractivity contribution in [2.45, 2.75) is 18.7 Å². The average molecular weight is 370 g/mol. The van der Waals surface area contributed by atoms with Gasteiger partial charge in [0.2, 0.25) is 5.75 Å². The minimum absolute atomic E-state index is 0.0616. The highest BCUT2D eigenvalue weighted by molar-refractivity contribution is 7.90. The molecule has 1 aromatic heterocycles. The van der Waals surface area contributed by atoms with E-state index in [0.29, 0.717) is 22.6 Å². The number of sulfone groups is 1. The van der Waals surface area contributed by atoms with E-state index in [4.69, 9.17) is 9.15 Å². The van der Waals surface area contributed by atoms with E-state index in [0.717, 1.165) is 11.8 Å². The minimum atomic E-state index is -3.29. The summed E-state index contributed by atoms with van der Waals surface area (Å²) in [6, 6.07) is 15.3. The van der Waals surface area contributed by atoms with Crippen molar-refractivity contribution in [2.24, 2.45) is 0 Å². The molecule has 1 heterocycles. The van der Waals surface area contributed by atoms with Crippen molar-refractivity contribution in [2.75, 3.05) is 6.26 Å². The van der Waals surface area contributed by atoms with Crippen LogP contribution >= 0.6 is 0 Å². The van der Waals surface area contributed by atoms with Crippen molar-refractivity contribution in [3.8, 4) is 22.6 Å². The summed E-state index contributed by atoms with van der Waals surface area (Å²) in [6.07, 6.45) is 1.15. The fourth-order valence-electron chi connectivity index (χ4n) is 2.52. The first-order valence-electron chi connectivity index (χ1n) is 7.94. The van der Waals surface area contributed by atoms with Gasteiger partial charge in [0.1, 0.15) is 11.5 Å². The summed E-state index contributed by atoms with van der Waals surface area (Å²) >= 11 is 0. The van der Waals surface area contributed by atoms with Gasteiger partial charge in [-0.2, -0.15) is 0 Å². The molecule has 3 aromatic rings. The summed E-state index contributed by atoms with van der Waals surface area (Å²) in [4.78, 5) is 12.6. The van der Waals surface area contributed by atoms with Crippen molar-refractivity contribution in [1.29, 1.82) is 0 Å². The number of hydrogen-bond donors (Lipinski definition) is 0. The van der Waals surface area contributed by atoms with E-state index in [9.17, 15) is 13.2 Å². The van der Waals surface area contributed by atoms with E-state index < -0.39 is 15.5 Å². The second-order valence-electron chi connectivity index (χ2n) is 6.10. The molecule has 6 heteroatoms.